The largest absolute Gasteiger partial charge is 0.289 e. The van der Waals surface area contributed by atoms with Crippen LogP contribution in [0.1, 0.15) is 31.8 Å². The molecule has 0 spiro atoms. The molecular weight excluding hydrogens is 420 g/mol. The Bertz CT molecular complexity index is 1240. The van der Waals surface area contributed by atoms with E-state index in [1.807, 2.05) is 0 Å². The lowest BCUT2D eigenvalue weighted by molar-refractivity contribution is 0.103. The summed E-state index contributed by atoms with van der Waals surface area (Å²) in [6, 6.07) is 15.7. The van der Waals surface area contributed by atoms with Crippen LogP contribution in [0, 0.1) is 23.3 Å². The van der Waals surface area contributed by atoms with Gasteiger partial charge in [0, 0.05) is 22.3 Å². The molecule has 4 aromatic carbocycles. The number of halogens is 4. The zero-order valence-electron chi connectivity index (χ0n) is 16.3. The molecule has 0 aromatic heterocycles. The third-order valence-corrected chi connectivity index (χ3v) is 5.49. The molecule has 0 radical (unpaired) electrons. The molecule has 4 aromatic rings. The number of hydrogen-bond donors (Lipinski definition) is 0. The number of carbonyl (C=O) groups excluding carboxylic acids is 2. The molecule has 6 rings (SSSR count). The molecule has 2 aliphatic rings. The summed E-state index contributed by atoms with van der Waals surface area (Å²) in [6.07, 6.45) is 0. The minimum absolute atomic E-state index is 0.176. The lowest BCUT2D eigenvalue weighted by atomic mass is 10.1. The summed E-state index contributed by atoms with van der Waals surface area (Å²) in [5, 5.41) is 0. The van der Waals surface area contributed by atoms with Crippen molar-refractivity contribution in [2.45, 2.75) is 0 Å². The van der Waals surface area contributed by atoms with Crippen molar-refractivity contribution >= 4 is 11.6 Å². The topological polar surface area (TPSA) is 34.1 Å². The van der Waals surface area contributed by atoms with Crippen LogP contribution in [0.3, 0.4) is 0 Å². The number of hydrogen-bond acceptors (Lipinski definition) is 2. The lowest BCUT2D eigenvalue weighted by Crippen LogP contribution is -1.94. The Morgan fingerprint density at radius 2 is 0.562 bits per heavy atom. The van der Waals surface area contributed by atoms with Crippen molar-refractivity contribution in [1.82, 2.24) is 0 Å². The maximum absolute atomic E-state index is 13.1. The van der Waals surface area contributed by atoms with Crippen LogP contribution in [0.2, 0.25) is 0 Å². The molecule has 0 saturated carbocycles. The minimum Gasteiger partial charge on any atom is -0.289 e. The van der Waals surface area contributed by atoms with Crippen molar-refractivity contribution < 1.29 is 27.2 Å². The Hall–Kier alpha value is -4.06. The molecule has 0 unspecified atom stereocenters. The molecule has 0 N–H and O–H groups in total. The second-order valence-corrected chi connectivity index (χ2v) is 7.42. The second-order valence-electron chi connectivity index (χ2n) is 7.42. The van der Waals surface area contributed by atoms with Gasteiger partial charge in [-0.05, 0) is 95.1 Å². The highest BCUT2D eigenvalue weighted by molar-refractivity contribution is 6.22. The van der Waals surface area contributed by atoms with Gasteiger partial charge >= 0.3 is 0 Å². The fourth-order valence-electron chi connectivity index (χ4n) is 4.04. The average Bonchev–Trinajstić information content (AvgIpc) is 3.19. The van der Waals surface area contributed by atoms with Gasteiger partial charge in [-0.1, -0.05) is 0 Å². The van der Waals surface area contributed by atoms with Crippen molar-refractivity contribution in [2.75, 3.05) is 0 Å². The van der Waals surface area contributed by atoms with Gasteiger partial charge in [0.25, 0.3) is 0 Å². The van der Waals surface area contributed by atoms with Crippen molar-refractivity contribution in [3.8, 4) is 22.3 Å². The van der Waals surface area contributed by atoms with Crippen molar-refractivity contribution in [3.05, 3.63) is 118 Å². The summed E-state index contributed by atoms with van der Waals surface area (Å²) in [4.78, 5) is 23.7. The van der Waals surface area contributed by atoms with E-state index < -0.39 is 23.3 Å². The molecule has 32 heavy (non-hydrogen) atoms. The first-order chi connectivity index (χ1) is 15.3. The molecule has 0 heterocycles. The van der Waals surface area contributed by atoms with Crippen LogP contribution in [0.4, 0.5) is 17.6 Å². The highest BCUT2D eigenvalue weighted by Crippen LogP contribution is 2.38. The van der Waals surface area contributed by atoms with Crippen LogP contribution in [-0.2, 0) is 0 Å². The summed E-state index contributed by atoms with van der Waals surface area (Å²) in [5.41, 5.74) is 3.62. The fraction of sp³-hybridized carbons (Fsp3) is 0. The van der Waals surface area contributed by atoms with Crippen molar-refractivity contribution in [1.29, 1.82) is 0 Å². The summed E-state index contributed by atoms with van der Waals surface area (Å²) in [5.74, 6) is -2.06. The summed E-state index contributed by atoms with van der Waals surface area (Å²) >= 11 is 0. The van der Waals surface area contributed by atoms with Crippen LogP contribution in [0.25, 0.3) is 22.3 Å². The molecule has 0 aliphatic heterocycles. The molecule has 0 bridgehead atoms. The number of ketones is 2. The fourth-order valence-corrected chi connectivity index (χ4v) is 4.04. The maximum Gasteiger partial charge on any atom is 0.194 e. The van der Waals surface area contributed by atoms with Crippen LogP contribution >= 0.6 is 0 Å². The predicted molar refractivity (Wildman–Crippen MR) is 110 cm³/mol. The number of fused-ring (bicyclic) bond motifs is 6. The Morgan fingerprint density at radius 1 is 0.344 bits per heavy atom. The first kappa shape index (κ1) is 19.9. The van der Waals surface area contributed by atoms with Crippen LogP contribution < -0.4 is 0 Å². The van der Waals surface area contributed by atoms with E-state index in [1.54, 1.807) is 0 Å². The molecule has 6 heteroatoms. The molecule has 0 atom stereocenters. The van der Waals surface area contributed by atoms with Crippen molar-refractivity contribution in [2.24, 2.45) is 0 Å². The summed E-state index contributed by atoms with van der Waals surface area (Å²) < 4.78 is 52.3. The first-order valence-corrected chi connectivity index (χ1v) is 9.62. The Morgan fingerprint density at radius 3 is 0.781 bits per heavy atom. The van der Waals surface area contributed by atoms with E-state index >= 15 is 0 Å². The third kappa shape index (κ3) is 3.12. The van der Waals surface area contributed by atoms with Gasteiger partial charge in [0.15, 0.2) is 11.6 Å². The molecule has 2 aliphatic carbocycles. The number of carbonyl (C=O) groups is 2. The molecular formula is C26H12F4O2. The Labute approximate surface area is 179 Å². The highest BCUT2D eigenvalue weighted by atomic mass is 19.1. The molecule has 0 amide bonds. The van der Waals surface area contributed by atoms with Gasteiger partial charge in [0.1, 0.15) is 23.3 Å². The molecule has 0 fully saturated rings. The van der Waals surface area contributed by atoms with E-state index in [-0.39, 0.29) is 11.6 Å². The lowest BCUT2D eigenvalue weighted by Gasteiger charge is -1.99. The average molecular weight is 432 g/mol. The second kappa shape index (κ2) is 7.27. The van der Waals surface area contributed by atoms with Crippen molar-refractivity contribution in [3.63, 3.8) is 0 Å². The highest BCUT2D eigenvalue weighted by Gasteiger charge is 2.28. The SMILES string of the molecule is O=C1c2ccc(F)cc2-c2cc(F)ccc21.O=C1c2ccc(F)cc2-c2cc(F)ccc21. The summed E-state index contributed by atoms with van der Waals surface area (Å²) in [6.45, 7) is 0. The van der Waals surface area contributed by atoms with Gasteiger partial charge < -0.3 is 0 Å². The van der Waals surface area contributed by atoms with E-state index in [2.05, 4.69) is 0 Å². The van der Waals surface area contributed by atoms with Gasteiger partial charge in [-0.15, -0.1) is 0 Å². The third-order valence-electron chi connectivity index (χ3n) is 5.49. The van der Waals surface area contributed by atoms with Gasteiger partial charge in [0.2, 0.25) is 0 Å². The van der Waals surface area contributed by atoms with E-state index in [0.29, 0.717) is 44.5 Å². The monoisotopic (exact) mass is 432 g/mol. The Balaban J connectivity index is 0.000000135. The van der Waals surface area contributed by atoms with Gasteiger partial charge in [-0.2, -0.15) is 0 Å². The first-order valence-electron chi connectivity index (χ1n) is 9.62. The maximum atomic E-state index is 13.1. The van der Waals surface area contributed by atoms with Gasteiger partial charge in [-0.25, -0.2) is 17.6 Å². The Kier molecular flexibility index (Phi) is 4.51. The predicted octanol–water partition coefficient (Wildman–Crippen LogP) is 6.35. The van der Waals surface area contributed by atoms with Crippen LogP contribution in [0.5, 0.6) is 0 Å². The number of rotatable bonds is 0. The normalized spacial score (nSPS) is 12.5. The molecule has 156 valence electrons. The van der Waals surface area contributed by atoms with E-state index in [9.17, 15) is 27.2 Å². The smallest absolute Gasteiger partial charge is 0.194 e. The van der Waals surface area contributed by atoms with Gasteiger partial charge in [0.05, 0.1) is 0 Å². The molecule has 2 nitrogen and oxygen atoms in total. The van der Waals surface area contributed by atoms with Gasteiger partial charge in [-0.3, -0.25) is 9.59 Å². The van der Waals surface area contributed by atoms with E-state index in [0.717, 1.165) is 0 Å². The van der Waals surface area contributed by atoms with Crippen LogP contribution in [-0.4, -0.2) is 11.6 Å². The van der Waals surface area contributed by atoms with Crippen LogP contribution in [0.15, 0.2) is 72.8 Å². The molecule has 0 saturated heterocycles. The summed E-state index contributed by atoms with van der Waals surface area (Å²) in [7, 11) is 0. The standard InChI is InChI=1S/2C13H6F2O/c2*14-7-1-3-9-11(5-7)12-6-8(15)2-4-10(12)13(9)16/h2*1-6H. The van der Waals surface area contributed by atoms with E-state index in [4.69, 9.17) is 0 Å². The quantitative estimate of drug-likeness (QED) is 0.262. The minimum atomic E-state index is -0.427. The number of benzene rings is 4. The van der Waals surface area contributed by atoms with E-state index in [1.165, 1.54) is 72.8 Å². The zero-order valence-corrected chi connectivity index (χ0v) is 16.3. The zero-order chi connectivity index (χ0) is 22.6.